The summed E-state index contributed by atoms with van der Waals surface area (Å²) in [5.41, 5.74) is 3.92. The maximum Gasteiger partial charge on any atom is 0.341 e. The zero-order valence-corrected chi connectivity index (χ0v) is 20.0. The van der Waals surface area contributed by atoms with Crippen LogP contribution in [0.25, 0.3) is 17.2 Å². The van der Waals surface area contributed by atoms with Crippen LogP contribution in [0.5, 0.6) is 11.5 Å². The highest BCUT2D eigenvalue weighted by molar-refractivity contribution is 7.15. The molecule has 0 unspecified atom stereocenters. The summed E-state index contributed by atoms with van der Waals surface area (Å²) in [5.74, 6) is 0.405. The van der Waals surface area contributed by atoms with Gasteiger partial charge in [-0.15, -0.1) is 11.3 Å². The number of aryl methyl sites for hydroxylation is 1. The molecule has 6 nitrogen and oxygen atoms in total. The summed E-state index contributed by atoms with van der Waals surface area (Å²) in [5, 5.41) is 5.12. The molecule has 0 saturated heterocycles. The first-order valence-electron chi connectivity index (χ1n) is 10.6. The minimum atomic E-state index is -0.468. The minimum absolute atomic E-state index is 0.243. The van der Waals surface area contributed by atoms with E-state index in [1.54, 1.807) is 45.4 Å². The van der Waals surface area contributed by atoms with Gasteiger partial charge in [-0.2, -0.15) is 0 Å². The van der Waals surface area contributed by atoms with E-state index in [-0.39, 0.29) is 12.5 Å². The molecule has 1 heterocycles. The molecule has 0 saturated carbocycles. The third-order valence-electron chi connectivity index (χ3n) is 5.04. The number of hydrogen-bond donors (Lipinski definition) is 1. The van der Waals surface area contributed by atoms with Crippen LogP contribution in [0.2, 0.25) is 0 Å². The van der Waals surface area contributed by atoms with Crippen molar-refractivity contribution < 1.29 is 23.8 Å². The fraction of sp³-hybridized carbons (Fsp3) is 0.231. The Balaban J connectivity index is 1.86. The normalized spacial score (nSPS) is 10.8. The topological polar surface area (TPSA) is 73.9 Å². The van der Waals surface area contributed by atoms with Gasteiger partial charge in [-0.1, -0.05) is 31.2 Å². The number of nitrogens with one attached hydrogen (secondary N) is 1. The Kier molecular flexibility index (Phi) is 8.27. The van der Waals surface area contributed by atoms with Crippen molar-refractivity contribution in [1.82, 2.24) is 0 Å². The SMILES string of the molecule is CCOC(=O)c1c(-c2ccc(CC)cc2)csc1NC(=O)/C=C/c1ccc(OC)cc1OC. The lowest BCUT2D eigenvalue weighted by molar-refractivity contribution is -0.111. The molecule has 0 fully saturated rings. The summed E-state index contributed by atoms with van der Waals surface area (Å²) >= 11 is 1.29. The number of carbonyl (C=O) groups is 2. The number of rotatable bonds is 9. The number of thiophene rings is 1. The number of amides is 1. The average molecular weight is 466 g/mol. The first kappa shape index (κ1) is 24.1. The third-order valence-corrected chi connectivity index (χ3v) is 5.93. The van der Waals surface area contributed by atoms with Crippen LogP contribution in [0, 0.1) is 0 Å². The Morgan fingerprint density at radius 1 is 1.03 bits per heavy atom. The second kappa shape index (κ2) is 11.3. The van der Waals surface area contributed by atoms with Crippen molar-refractivity contribution >= 4 is 34.3 Å². The molecule has 1 N–H and O–H groups in total. The monoisotopic (exact) mass is 465 g/mol. The fourth-order valence-corrected chi connectivity index (χ4v) is 4.22. The van der Waals surface area contributed by atoms with Gasteiger partial charge in [0, 0.05) is 28.6 Å². The molecule has 0 spiro atoms. The summed E-state index contributed by atoms with van der Waals surface area (Å²) in [6.07, 6.45) is 3.98. The Hall–Kier alpha value is -3.58. The molecule has 2 aromatic carbocycles. The summed E-state index contributed by atoms with van der Waals surface area (Å²) < 4.78 is 15.8. The van der Waals surface area contributed by atoms with Crippen LogP contribution in [-0.4, -0.2) is 32.7 Å². The lowest BCUT2D eigenvalue weighted by Gasteiger charge is -2.09. The van der Waals surface area contributed by atoms with Gasteiger partial charge < -0.3 is 19.5 Å². The second-order valence-electron chi connectivity index (χ2n) is 7.05. The highest BCUT2D eigenvalue weighted by Gasteiger charge is 2.22. The largest absolute Gasteiger partial charge is 0.497 e. The van der Waals surface area contributed by atoms with Gasteiger partial charge in [-0.3, -0.25) is 4.79 Å². The van der Waals surface area contributed by atoms with Gasteiger partial charge in [0.25, 0.3) is 0 Å². The Bertz CT molecular complexity index is 1150. The Labute approximate surface area is 197 Å². The van der Waals surface area contributed by atoms with Crippen molar-refractivity contribution in [2.45, 2.75) is 20.3 Å². The zero-order valence-electron chi connectivity index (χ0n) is 19.1. The van der Waals surface area contributed by atoms with E-state index >= 15 is 0 Å². The van der Waals surface area contributed by atoms with Gasteiger partial charge in [0.2, 0.25) is 5.91 Å². The van der Waals surface area contributed by atoms with Gasteiger partial charge in [-0.25, -0.2) is 4.79 Å². The Morgan fingerprint density at radius 2 is 1.79 bits per heavy atom. The lowest BCUT2D eigenvalue weighted by Crippen LogP contribution is -2.12. The van der Waals surface area contributed by atoms with E-state index in [1.807, 2.05) is 29.6 Å². The standard InChI is InChI=1S/C26H27NO5S/c1-5-17-7-9-18(10-8-17)21-16-33-25(24(21)26(29)32-6-2)27-23(28)14-12-19-11-13-20(30-3)15-22(19)31-4/h7-16H,5-6H2,1-4H3,(H,27,28)/b14-12+. The highest BCUT2D eigenvalue weighted by Crippen LogP contribution is 2.36. The molecule has 0 aliphatic carbocycles. The molecular formula is C26H27NO5S. The van der Waals surface area contributed by atoms with Crippen LogP contribution in [0.4, 0.5) is 5.00 Å². The van der Waals surface area contributed by atoms with Crippen molar-refractivity contribution in [3.05, 3.63) is 70.6 Å². The maximum absolute atomic E-state index is 12.7. The maximum atomic E-state index is 12.7. The number of carbonyl (C=O) groups excluding carboxylic acids is 2. The predicted octanol–water partition coefficient (Wildman–Crippen LogP) is 5.82. The van der Waals surface area contributed by atoms with E-state index in [2.05, 4.69) is 12.2 Å². The number of hydrogen-bond acceptors (Lipinski definition) is 6. The molecule has 3 aromatic rings. The molecular weight excluding hydrogens is 438 g/mol. The smallest absolute Gasteiger partial charge is 0.341 e. The van der Waals surface area contributed by atoms with Crippen molar-refractivity contribution in [3.8, 4) is 22.6 Å². The predicted molar refractivity (Wildman–Crippen MR) is 132 cm³/mol. The molecule has 1 amide bonds. The van der Waals surface area contributed by atoms with Crippen molar-refractivity contribution in [2.24, 2.45) is 0 Å². The third kappa shape index (κ3) is 5.81. The van der Waals surface area contributed by atoms with Gasteiger partial charge >= 0.3 is 5.97 Å². The zero-order chi connectivity index (χ0) is 23.8. The number of anilines is 1. The van der Waals surface area contributed by atoms with E-state index < -0.39 is 5.97 Å². The molecule has 1 aromatic heterocycles. The van der Waals surface area contributed by atoms with Crippen molar-refractivity contribution in [3.63, 3.8) is 0 Å². The number of esters is 1. The second-order valence-corrected chi connectivity index (χ2v) is 7.93. The van der Waals surface area contributed by atoms with Crippen molar-refractivity contribution in [1.29, 1.82) is 0 Å². The molecule has 0 aliphatic heterocycles. The fourth-order valence-electron chi connectivity index (χ4n) is 3.26. The van der Waals surface area contributed by atoms with E-state index in [1.165, 1.54) is 23.0 Å². The van der Waals surface area contributed by atoms with Crippen molar-refractivity contribution in [2.75, 3.05) is 26.1 Å². The number of benzene rings is 2. The quantitative estimate of drug-likeness (QED) is 0.318. The van der Waals surface area contributed by atoms with Crippen LogP contribution >= 0.6 is 11.3 Å². The first-order chi connectivity index (χ1) is 16.0. The molecule has 33 heavy (non-hydrogen) atoms. The van der Waals surface area contributed by atoms with Crippen LogP contribution in [0.15, 0.2) is 53.9 Å². The molecule has 172 valence electrons. The van der Waals surface area contributed by atoms with Crippen LogP contribution in [-0.2, 0) is 16.0 Å². The average Bonchev–Trinajstić information content (AvgIpc) is 3.26. The minimum Gasteiger partial charge on any atom is -0.497 e. The van der Waals surface area contributed by atoms with E-state index in [0.29, 0.717) is 22.1 Å². The van der Waals surface area contributed by atoms with Gasteiger partial charge in [-0.05, 0) is 42.7 Å². The number of ether oxygens (including phenoxy) is 3. The van der Waals surface area contributed by atoms with Gasteiger partial charge in [0.1, 0.15) is 22.1 Å². The highest BCUT2D eigenvalue weighted by atomic mass is 32.1. The van der Waals surface area contributed by atoms with E-state index in [4.69, 9.17) is 14.2 Å². The van der Waals surface area contributed by atoms with Gasteiger partial charge in [0.05, 0.1) is 20.8 Å². The van der Waals surface area contributed by atoms with Crippen LogP contribution in [0.1, 0.15) is 35.3 Å². The molecule has 0 atom stereocenters. The summed E-state index contributed by atoms with van der Waals surface area (Å²) in [7, 11) is 3.13. The molecule has 7 heteroatoms. The summed E-state index contributed by atoms with van der Waals surface area (Å²) in [6.45, 7) is 4.09. The van der Waals surface area contributed by atoms with E-state index in [9.17, 15) is 9.59 Å². The molecule has 0 bridgehead atoms. The van der Waals surface area contributed by atoms with Crippen LogP contribution in [0.3, 0.4) is 0 Å². The van der Waals surface area contributed by atoms with Crippen LogP contribution < -0.4 is 14.8 Å². The molecule has 0 aliphatic rings. The molecule has 0 radical (unpaired) electrons. The summed E-state index contributed by atoms with van der Waals surface area (Å²) in [6, 6.07) is 13.3. The lowest BCUT2D eigenvalue weighted by atomic mass is 10.0. The van der Waals surface area contributed by atoms with E-state index in [0.717, 1.165) is 23.1 Å². The number of methoxy groups -OCH3 is 2. The van der Waals surface area contributed by atoms with Gasteiger partial charge in [0.15, 0.2) is 0 Å². The Morgan fingerprint density at radius 3 is 2.42 bits per heavy atom. The first-order valence-corrected chi connectivity index (χ1v) is 11.5. The molecule has 3 rings (SSSR count). The summed E-state index contributed by atoms with van der Waals surface area (Å²) in [4.78, 5) is 25.4.